The SMILES string of the molecule is O=C1C=CC(=O)N1Cc1cn(Cc2ccc(-c3cc(-c4ccccn4)nc(-c4ccccn4)c3)cc2)nn1. The topological polar surface area (TPSA) is 107 Å². The Kier molecular flexibility index (Phi) is 6.07. The number of nitrogens with zero attached hydrogens (tertiary/aromatic N) is 7. The molecule has 184 valence electrons. The van der Waals surface area contributed by atoms with E-state index in [1.165, 1.54) is 12.2 Å². The Hall–Kier alpha value is -5.31. The van der Waals surface area contributed by atoms with Crippen LogP contribution in [0, 0.1) is 0 Å². The van der Waals surface area contributed by atoms with Gasteiger partial charge in [0.1, 0.15) is 5.69 Å². The van der Waals surface area contributed by atoms with Crippen molar-refractivity contribution in [2.24, 2.45) is 0 Å². The van der Waals surface area contributed by atoms with E-state index in [1.54, 1.807) is 23.3 Å². The molecule has 5 aromatic rings. The van der Waals surface area contributed by atoms with E-state index in [9.17, 15) is 9.59 Å². The van der Waals surface area contributed by atoms with Crippen molar-refractivity contribution in [3.05, 3.63) is 115 Å². The van der Waals surface area contributed by atoms with Crippen LogP contribution in [0.5, 0.6) is 0 Å². The lowest BCUT2D eigenvalue weighted by Gasteiger charge is -2.10. The van der Waals surface area contributed by atoms with Gasteiger partial charge < -0.3 is 0 Å². The molecule has 0 saturated heterocycles. The fourth-order valence-corrected chi connectivity index (χ4v) is 4.22. The van der Waals surface area contributed by atoms with Crippen LogP contribution >= 0.6 is 0 Å². The van der Waals surface area contributed by atoms with E-state index in [0.717, 1.165) is 44.4 Å². The third kappa shape index (κ3) is 4.85. The third-order valence-corrected chi connectivity index (χ3v) is 6.12. The zero-order valence-corrected chi connectivity index (χ0v) is 20.2. The number of amides is 2. The molecule has 0 spiro atoms. The van der Waals surface area contributed by atoms with E-state index < -0.39 is 0 Å². The van der Waals surface area contributed by atoms with Gasteiger partial charge in [0.2, 0.25) is 0 Å². The van der Waals surface area contributed by atoms with E-state index in [-0.39, 0.29) is 18.4 Å². The molecule has 1 aliphatic heterocycles. The first-order valence-electron chi connectivity index (χ1n) is 12.0. The Labute approximate surface area is 218 Å². The number of carbonyl (C=O) groups excluding carboxylic acids is 2. The van der Waals surface area contributed by atoms with Crippen LogP contribution < -0.4 is 0 Å². The van der Waals surface area contributed by atoms with E-state index in [4.69, 9.17) is 4.98 Å². The zero-order valence-electron chi connectivity index (χ0n) is 20.2. The highest BCUT2D eigenvalue weighted by molar-refractivity contribution is 6.12. The lowest BCUT2D eigenvalue weighted by atomic mass is 10.0. The van der Waals surface area contributed by atoms with Crippen molar-refractivity contribution in [3.63, 3.8) is 0 Å². The minimum absolute atomic E-state index is 0.100. The van der Waals surface area contributed by atoms with Gasteiger partial charge in [0.15, 0.2) is 0 Å². The molecule has 0 N–H and O–H groups in total. The normalized spacial score (nSPS) is 12.9. The third-order valence-electron chi connectivity index (χ3n) is 6.12. The van der Waals surface area contributed by atoms with Crippen molar-refractivity contribution in [1.82, 2.24) is 34.8 Å². The van der Waals surface area contributed by atoms with Crippen LogP contribution in [0.15, 0.2) is 104 Å². The molecule has 0 unspecified atom stereocenters. The number of rotatable bonds is 7. The fourth-order valence-electron chi connectivity index (χ4n) is 4.22. The predicted octanol–water partition coefficient (Wildman–Crippen LogP) is 3.94. The number of benzene rings is 1. The minimum atomic E-state index is -0.339. The average molecular weight is 500 g/mol. The maximum atomic E-state index is 11.8. The summed E-state index contributed by atoms with van der Waals surface area (Å²) in [6, 6.07) is 23.8. The number of aromatic nitrogens is 6. The van der Waals surface area contributed by atoms with Gasteiger partial charge in [-0.25, -0.2) is 9.67 Å². The maximum Gasteiger partial charge on any atom is 0.253 e. The van der Waals surface area contributed by atoms with E-state index in [1.807, 2.05) is 60.7 Å². The van der Waals surface area contributed by atoms with Gasteiger partial charge in [-0.3, -0.25) is 24.5 Å². The van der Waals surface area contributed by atoms with Gasteiger partial charge in [-0.15, -0.1) is 5.10 Å². The number of carbonyl (C=O) groups is 2. The molecule has 2 amide bonds. The largest absolute Gasteiger partial charge is 0.269 e. The fraction of sp³-hybridized carbons (Fsp3) is 0.0690. The monoisotopic (exact) mass is 499 g/mol. The van der Waals surface area contributed by atoms with Crippen molar-refractivity contribution in [2.75, 3.05) is 0 Å². The van der Waals surface area contributed by atoms with Crippen LogP contribution in [0.2, 0.25) is 0 Å². The van der Waals surface area contributed by atoms with Crippen molar-refractivity contribution in [2.45, 2.75) is 13.1 Å². The number of hydrogen-bond donors (Lipinski definition) is 0. The molecule has 38 heavy (non-hydrogen) atoms. The summed E-state index contributed by atoms with van der Waals surface area (Å²) < 4.78 is 1.69. The second-order valence-electron chi connectivity index (χ2n) is 8.76. The highest BCUT2D eigenvalue weighted by atomic mass is 16.2. The Bertz CT molecular complexity index is 1570. The Balaban J connectivity index is 1.24. The van der Waals surface area contributed by atoms with E-state index in [2.05, 4.69) is 32.4 Å². The van der Waals surface area contributed by atoms with Gasteiger partial charge in [0.25, 0.3) is 11.8 Å². The molecule has 0 saturated carbocycles. The molecule has 0 radical (unpaired) electrons. The molecule has 0 atom stereocenters. The smallest absolute Gasteiger partial charge is 0.253 e. The summed E-state index contributed by atoms with van der Waals surface area (Å²) in [5, 5.41) is 8.26. The molecule has 1 aliphatic rings. The van der Waals surface area contributed by atoms with Gasteiger partial charge in [0.05, 0.1) is 42.1 Å². The highest BCUT2D eigenvalue weighted by Crippen LogP contribution is 2.29. The molecule has 0 aliphatic carbocycles. The summed E-state index contributed by atoms with van der Waals surface area (Å²) in [6.45, 7) is 0.602. The van der Waals surface area contributed by atoms with E-state index >= 15 is 0 Å². The van der Waals surface area contributed by atoms with Crippen molar-refractivity contribution in [1.29, 1.82) is 0 Å². The molecule has 5 heterocycles. The van der Waals surface area contributed by atoms with Crippen LogP contribution in [0.3, 0.4) is 0 Å². The van der Waals surface area contributed by atoms with Crippen LogP contribution in [-0.4, -0.2) is 46.7 Å². The lowest BCUT2D eigenvalue weighted by molar-refractivity contribution is -0.137. The first-order chi connectivity index (χ1) is 18.6. The van der Waals surface area contributed by atoms with Gasteiger partial charge in [-0.2, -0.15) is 0 Å². The number of imide groups is 1. The summed E-state index contributed by atoms with van der Waals surface area (Å²) >= 11 is 0. The average Bonchev–Trinajstić information content (AvgIpc) is 3.55. The molecule has 4 aromatic heterocycles. The number of pyridine rings is 3. The second kappa shape index (κ2) is 9.98. The lowest BCUT2D eigenvalue weighted by Crippen LogP contribution is -2.29. The zero-order chi connectivity index (χ0) is 25.9. The molecule has 9 heteroatoms. The summed E-state index contributed by atoms with van der Waals surface area (Å²) in [5.41, 5.74) is 6.74. The van der Waals surface area contributed by atoms with Gasteiger partial charge in [-0.1, -0.05) is 41.6 Å². The second-order valence-corrected chi connectivity index (χ2v) is 8.76. The molecule has 6 rings (SSSR count). The summed E-state index contributed by atoms with van der Waals surface area (Å²) in [6.07, 6.45) is 7.78. The molecule has 9 nitrogen and oxygen atoms in total. The van der Waals surface area contributed by atoms with E-state index in [0.29, 0.717) is 12.2 Å². The Morgan fingerprint density at radius 1 is 0.658 bits per heavy atom. The van der Waals surface area contributed by atoms with Crippen molar-refractivity contribution < 1.29 is 9.59 Å². The summed E-state index contributed by atoms with van der Waals surface area (Å²) in [5.74, 6) is -0.678. The van der Waals surface area contributed by atoms with Crippen LogP contribution in [0.4, 0.5) is 0 Å². The quantitative estimate of drug-likeness (QED) is 0.312. The Morgan fingerprint density at radius 3 is 1.87 bits per heavy atom. The minimum Gasteiger partial charge on any atom is -0.269 e. The number of hydrogen-bond acceptors (Lipinski definition) is 7. The van der Waals surface area contributed by atoms with Crippen LogP contribution in [0.25, 0.3) is 33.9 Å². The first kappa shape index (κ1) is 23.1. The first-order valence-corrected chi connectivity index (χ1v) is 12.0. The summed E-state index contributed by atoms with van der Waals surface area (Å²) in [7, 11) is 0. The molecular weight excluding hydrogens is 478 g/mol. The molecule has 0 bridgehead atoms. The summed E-state index contributed by atoms with van der Waals surface area (Å²) in [4.78, 5) is 38.5. The van der Waals surface area contributed by atoms with Crippen LogP contribution in [0.1, 0.15) is 11.3 Å². The van der Waals surface area contributed by atoms with Gasteiger partial charge >= 0.3 is 0 Å². The standard InChI is InChI=1S/C29H21N7O2/c37-28-11-12-29(38)36(28)19-23-18-35(34-33-23)17-20-7-9-21(10-8-20)22-15-26(24-5-1-3-13-30-24)32-27(16-22)25-6-2-4-14-31-25/h1-16,18H,17,19H2. The maximum absolute atomic E-state index is 11.8. The van der Waals surface area contributed by atoms with Gasteiger partial charge in [0, 0.05) is 24.5 Å². The van der Waals surface area contributed by atoms with Crippen LogP contribution in [-0.2, 0) is 22.7 Å². The van der Waals surface area contributed by atoms with Crippen molar-refractivity contribution >= 4 is 11.8 Å². The Morgan fingerprint density at radius 2 is 1.29 bits per heavy atom. The van der Waals surface area contributed by atoms with Gasteiger partial charge in [-0.05, 0) is 53.1 Å². The molecule has 1 aromatic carbocycles. The molecular formula is C29H21N7O2. The molecule has 0 fully saturated rings. The van der Waals surface area contributed by atoms with Crippen molar-refractivity contribution in [3.8, 4) is 33.9 Å². The predicted molar refractivity (Wildman–Crippen MR) is 140 cm³/mol. The highest BCUT2D eigenvalue weighted by Gasteiger charge is 2.24.